The quantitative estimate of drug-likeness (QED) is 0.114. The fraction of sp³-hybridized carbons (Fsp3) is 0.195. The lowest BCUT2D eigenvalue weighted by Gasteiger charge is -2.26. The summed E-state index contributed by atoms with van der Waals surface area (Å²) in [6.07, 6.45) is -9.20. The van der Waals surface area contributed by atoms with Crippen molar-refractivity contribution in [1.29, 1.82) is 0 Å². The van der Waals surface area contributed by atoms with E-state index in [4.69, 9.17) is 20.4 Å². The number of para-hydroxylation sites is 2. The minimum Gasteiger partial charge on any atom is -0.475 e. The normalized spacial score (nSPS) is 11.8. The zero-order valence-corrected chi connectivity index (χ0v) is 29.1. The number of carboxylic acids is 1. The summed E-state index contributed by atoms with van der Waals surface area (Å²) in [7, 11) is 0. The topological polar surface area (TPSA) is 122 Å². The number of rotatable bonds is 11. The molecule has 0 saturated carbocycles. The summed E-state index contributed by atoms with van der Waals surface area (Å²) in [6, 6.07) is 34.1. The van der Waals surface area contributed by atoms with E-state index in [0.717, 1.165) is 23.6 Å². The van der Waals surface area contributed by atoms with Crippen molar-refractivity contribution in [2.24, 2.45) is 5.73 Å². The number of alkyl halides is 6. The molecule has 0 fully saturated rings. The van der Waals surface area contributed by atoms with E-state index < -0.39 is 29.8 Å². The number of carboxylic acid groups (broad SMARTS) is 1. The lowest BCUT2D eigenvalue weighted by atomic mass is 10.0. The molecule has 0 atom stereocenters. The molecule has 14 heteroatoms. The molecule has 0 radical (unpaired) electrons. The Morgan fingerprint density at radius 1 is 0.745 bits per heavy atom. The molecular formula is C41H35F6N3O5. The number of nitrogens with one attached hydrogen (secondary N) is 1. The largest absolute Gasteiger partial charge is 0.490 e. The maximum Gasteiger partial charge on any atom is 0.490 e. The smallest absolute Gasteiger partial charge is 0.475 e. The SMILES string of the molecule is NCc1cccc(Oc2ccccc2N(Cc2ccc3c(c2)Cc2ccccc2-3)C(=O)CCC(=O)NCc2ccccc2C(F)(F)F)c1.O=C(O)C(F)(F)F. The van der Waals surface area contributed by atoms with Crippen LogP contribution in [-0.4, -0.2) is 29.1 Å². The molecule has 0 aliphatic heterocycles. The van der Waals surface area contributed by atoms with E-state index in [9.17, 15) is 35.9 Å². The van der Waals surface area contributed by atoms with E-state index in [2.05, 4.69) is 29.6 Å². The summed E-state index contributed by atoms with van der Waals surface area (Å²) in [4.78, 5) is 37.3. The van der Waals surface area contributed by atoms with E-state index in [1.807, 2.05) is 54.6 Å². The maximum absolute atomic E-state index is 14.0. The van der Waals surface area contributed by atoms with E-state index in [1.165, 1.54) is 40.5 Å². The van der Waals surface area contributed by atoms with Crippen LogP contribution in [0.3, 0.4) is 0 Å². The predicted octanol–water partition coefficient (Wildman–Crippen LogP) is 8.79. The second-order valence-electron chi connectivity index (χ2n) is 12.5. The molecule has 5 aromatic carbocycles. The van der Waals surface area contributed by atoms with Crippen LogP contribution in [0.5, 0.6) is 11.5 Å². The van der Waals surface area contributed by atoms with E-state index in [1.54, 1.807) is 17.0 Å². The number of amides is 2. The van der Waals surface area contributed by atoms with Gasteiger partial charge >= 0.3 is 18.3 Å². The Balaban J connectivity index is 0.000000757. The number of carbonyl (C=O) groups excluding carboxylic acids is 2. The molecule has 4 N–H and O–H groups in total. The van der Waals surface area contributed by atoms with Crippen LogP contribution in [0.25, 0.3) is 11.1 Å². The van der Waals surface area contributed by atoms with Crippen LogP contribution in [0.2, 0.25) is 0 Å². The lowest BCUT2D eigenvalue weighted by molar-refractivity contribution is -0.192. The number of ether oxygens (including phenoxy) is 1. The first-order valence-corrected chi connectivity index (χ1v) is 16.9. The third kappa shape index (κ3) is 10.5. The van der Waals surface area contributed by atoms with Gasteiger partial charge in [0.15, 0.2) is 5.75 Å². The molecule has 0 spiro atoms. The van der Waals surface area contributed by atoms with Gasteiger partial charge in [-0.15, -0.1) is 0 Å². The Morgan fingerprint density at radius 3 is 2.15 bits per heavy atom. The van der Waals surface area contributed by atoms with Crippen molar-refractivity contribution in [2.45, 2.75) is 51.2 Å². The van der Waals surface area contributed by atoms with Gasteiger partial charge in [0.05, 0.1) is 17.8 Å². The number of hydrogen-bond donors (Lipinski definition) is 3. The average Bonchev–Trinajstić information content (AvgIpc) is 3.53. The van der Waals surface area contributed by atoms with Gasteiger partial charge in [-0.3, -0.25) is 9.59 Å². The fourth-order valence-corrected chi connectivity index (χ4v) is 6.01. The van der Waals surface area contributed by atoms with Gasteiger partial charge in [0, 0.05) is 25.9 Å². The van der Waals surface area contributed by atoms with Crippen LogP contribution in [-0.2, 0) is 46.6 Å². The molecule has 8 nitrogen and oxygen atoms in total. The second kappa shape index (κ2) is 17.3. The molecule has 0 saturated heterocycles. The highest BCUT2D eigenvalue weighted by molar-refractivity contribution is 5.96. The number of hydrogen-bond acceptors (Lipinski definition) is 5. The summed E-state index contributed by atoms with van der Waals surface area (Å²) in [6.45, 7) is 0.254. The zero-order chi connectivity index (χ0) is 39.8. The number of halogens is 6. The van der Waals surface area contributed by atoms with Crippen LogP contribution in [0.1, 0.15) is 46.2 Å². The molecule has 55 heavy (non-hydrogen) atoms. The predicted molar refractivity (Wildman–Crippen MR) is 193 cm³/mol. The van der Waals surface area contributed by atoms with Crippen molar-refractivity contribution >= 4 is 23.5 Å². The van der Waals surface area contributed by atoms with Gasteiger partial charge in [0.2, 0.25) is 11.8 Å². The summed E-state index contributed by atoms with van der Waals surface area (Å²) < 4.78 is 78.3. The number of benzene rings is 5. The van der Waals surface area contributed by atoms with Crippen molar-refractivity contribution in [2.75, 3.05) is 4.90 Å². The van der Waals surface area contributed by atoms with Gasteiger partial charge < -0.3 is 25.8 Å². The molecule has 0 heterocycles. The first-order chi connectivity index (χ1) is 26.1. The second-order valence-corrected chi connectivity index (χ2v) is 12.5. The van der Waals surface area contributed by atoms with Gasteiger partial charge in [-0.25, -0.2) is 4.79 Å². The molecular weight excluding hydrogens is 728 g/mol. The van der Waals surface area contributed by atoms with Crippen LogP contribution in [0.15, 0.2) is 115 Å². The van der Waals surface area contributed by atoms with Gasteiger partial charge in [-0.1, -0.05) is 84.9 Å². The van der Waals surface area contributed by atoms with Gasteiger partial charge in [0.25, 0.3) is 0 Å². The number of nitrogens with two attached hydrogens (primary N) is 1. The van der Waals surface area contributed by atoms with Crippen molar-refractivity contribution in [3.05, 3.63) is 149 Å². The zero-order valence-electron chi connectivity index (χ0n) is 29.1. The minimum absolute atomic E-state index is 0.0464. The van der Waals surface area contributed by atoms with Gasteiger partial charge in [-0.2, -0.15) is 26.3 Å². The molecule has 2 amide bonds. The molecule has 286 valence electrons. The molecule has 0 unspecified atom stereocenters. The Hall–Kier alpha value is -6.15. The summed E-state index contributed by atoms with van der Waals surface area (Å²) in [5.41, 5.74) is 12.1. The molecule has 0 bridgehead atoms. The van der Waals surface area contributed by atoms with Crippen LogP contribution < -0.4 is 20.7 Å². The molecule has 1 aliphatic rings. The monoisotopic (exact) mass is 763 g/mol. The highest BCUT2D eigenvalue weighted by Gasteiger charge is 2.38. The Bertz CT molecular complexity index is 2170. The first-order valence-electron chi connectivity index (χ1n) is 16.9. The van der Waals surface area contributed by atoms with E-state index >= 15 is 0 Å². The standard InChI is InChI=1S/C39H34F3N3O3.C2HF3O2/c40-39(41,42)34-13-4-2-10-29(34)24-44-37(46)18-19-38(47)45(25-27-16-17-33-30(20-27)22-28-9-1-3-12-32(28)33)35-14-5-6-15-36(35)48-31-11-7-8-26(21-31)23-43;3-2(4,5)1(6)7/h1-17,20-21H,18-19,22-25,43H2,(H,44,46);(H,6,7). The first kappa shape index (κ1) is 40.0. The summed E-state index contributed by atoms with van der Waals surface area (Å²) >= 11 is 0. The van der Waals surface area contributed by atoms with Crippen LogP contribution in [0.4, 0.5) is 32.0 Å². The number of fused-ring (bicyclic) bond motifs is 3. The molecule has 1 aliphatic carbocycles. The Labute approximate surface area is 312 Å². The third-order valence-electron chi connectivity index (χ3n) is 8.63. The maximum atomic E-state index is 14.0. The lowest BCUT2D eigenvalue weighted by Crippen LogP contribution is -2.32. The number of carbonyl (C=O) groups is 3. The van der Waals surface area contributed by atoms with Crippen molar-refractivity contribution in [3.8, 4) is 22.6 Å². The highest BCUT2D eigenvalue weighted by atomic mass is 19.4. The Morgan fingerprint density at radius 2 is 1.42 bits per heavy atom. The Kier molecular flexibility index (Phi) is 12.6. The van der Waals surface area contributed by atoms with Crippen molar-refractivity contribution in [1.82, 2.24) is 5.32 Å². The van der Waals surface area contributed by atoms with Crippen molar-refractivity contribution < 1.29 is 50.6 Å². The van der Waals surface area contributed by atoms with Gasteiger partial charge in [-0.05, 0) is 75.7 Å². The highest BCUT2D eigenvalue weighted by Crippen LogP contribution is 2.38. The van der Waals surface area contributed by atoms with Crippen molar-refractivity contribution in [3.63, 3.8) is 0 Å². The number of aliphatic carboxylic acids is 1. The van der Waals surface area contributed by atoms with E-state index in [-0.39, 0.29) is 37.4 Å². The molecule has 6 rings (SSSR count). The summed E-state index contributed by atoms with van der Waals surface area (Å²) in [5.74, 6) is -2.61. The van der Waals surface area contributed by atoms with E-state index in [0.29, 0.717) is 23.7 Å². The number of anilines is 1. The van der Waals surface area contributed by atoms with Crippen LogP contribution in [0, 0.1) is 0 Å². The minimum atomic E-state index is -5.08. The third-order valence-corrected chi connectivity index (χ3v) is 8.63. The molecule has 5 aromatic rings. The molecule has 0 aromatic heterocycles. The number of nitrogens with zero attached hydrogens (tertiary/aromatic N) is 1. The van der Waals surface area contributed by atoms with Gasteiger partial charge in [0.1, 0.15) is 5.75 Å². The fourth-order valence-electron chi connectivity index (χ4n) is 6.01. The average molecular weight is 764 g/mol. The van der Waals surface area contributed by atoms with Crippen LogP contribution >= 0.6 is 0 Å². The summed E-state index contributed by atoms with van der Waals surface area (Å²) in [5, 5.41) is 9.67.